The second-order valence-corrected chi connectivity index (χ2v) is 5.40. The third kappa shape index (κ3) is 3.87. The number of hydrogen-bond donors (Lipinski definition) is 3. The predicted octanol–water partition coefficient (Wildman–Crippen LogP) is 2.84. The fourth-order valence-electron chi connectivity index (χ4n) is 2.37. The second kappa shape index (κ2) is 6.42. The number of benzene rings is 1. The SMILES string of the molecule is O=C(CCc1ccc(C(F)(F)F)nc1)Nc1cccc2[nH]c(=O)[nH]c12. The highest BCUT2D eigenvalue weighted by atomic mass is 19.4. The lowest BCUT2D eigenvalue weighted by atomic mass is 10.1. The van der Waals surface area contributed by atoms with Crippen molar-refractivity contribution in [3.8, 4) is 0 Å². The van der Waals surface area contributed by atoms with Crippen LogP contribution in [0.15, 0.2) is 41.3 Å². The van der Waals surface area contributed by atoms with E-state index in [1.54, 1.807) is 18.2 Å². The van der Waals surface area contributed by atoms with Crippen LogP contribution in [0.2, 0.25) is 0 Å². The van der Waals surface area contributed by atoms with Gasteiger partial charge < -0.3 is 15.3 Å². The van der Waals surface area contributed by atoms with Gasteiger partial charge in [-0.15, -0.1) is 0 Å². The zero-order valence-corrected chi connectivity index (χ0v) is 12.8. The van der Waals surface area contributed by atoms with Gasteiger partial charge in [-0.25, -0.2) is 4.79 Å². The molecule has 2 heterocycles. The number of anilines is 1. The Kier molecular flexibility index (Phi) is 4.30. The van der Waals surface area contributed by atoms with Crippen molar-refractivity contribution in [2.24, 2.45) is 0 Å². The van der Waals surface area contributed by atoms with Crippen molar-refractivity contribution in [2.45, 2.75) is 19.0 Å². The summed E-state index contributed by atoms with van der Waals surface area (Å²) in [5.41, 5.74) is 0.672. The number of alkyl halides is 3. The van der Waals surface area contributed by atoms with Crippen LogP contribution in [0.25, 0.3) is 11.0 Å². The zero-order chi connectivity index (χ0) is 18.0. The van der Waals surface area contributed by atoms with Crippen LogP contribution in [-0.2, 0) is 17.4 Å². The Bertz CT molecular complexity index is 958. The summed E-state index contributed by atoms with van der Waals surface area (Å²) in [6.07, 6.45) is -3.06. The largest absolute Gasteiger partial charge is 0.433 e. The van der Waals surface area contributed by atoms with Gasteiger partial charge in [-0.1, -0.05) is 12.1 Å². The number of amides is 1. The number of aromatic nitrogens is 3. The molecule has 1 aromatic carbocycles. The van der Waals surface area contributed by atoms with Gasteiger partial charge >= 0.3 is 11.9 Å². The molecule has 0 aliphatic rings. The molecule has 0 spiro atoms. The van der Waals surface area contributed by atoms with Crippen LogP contribution in [0.5, 0.6) is 0 Å². The molecule has 0 saturated heterocycles. The second-order valence-electron chi connectivity index (χ2n) is 5.40. The van der Waals surface area contributed by atoms with Crippen LogP contribution >= 0.6 is 0 Å². The molecule has 0 aliphatic heterocycles. The van der Waals surface area contributed by atoms with Gasteiger partial charge in [-0.05, 0) is 30.2 Å². The van der Waals surface area contributed by atoms with Crippen LogP contribution < -0.4 is 11.0 Å². The number of H-pyrrole nitrogens is 2. The van der Waals surface area contributed by atoms with Crippen LogP contribution in [0.1, 0.15) is 17.7 Å². The highest BCUT2D eigenvalue weighted by Crippen LogP contribution is 2.27. The van der Waals surface area contributed by atoms with Gasteiger partial charge in [0.25, 0.3) is 0 Å². The van der Waals surface area contributed by atoms with Crippen molar-refractivity contribution in [3.63, 3.8) is 0 Å². The summed E-state index contributed by atoms with van der Waals surface area (Å²) in [7, 11) is 0. The van der Waals surface area contributed by atoms with Gasteiger partial charge in [0.1, 0.15) is 5.69 Å². The number of nitrogens with one attached hydrogen (secondary N) is 3. The molecule has 0 saturated carbocycles. The van der Waals surface area contributed by atoms with Gasteiger partial charge in [0.05, 0.1) is 16.7 Å². The average molecular weight is 350 g/mol. The third-order valence-corrected chi connectivity index (χ3v) is 3.58. The van der Waals surface area contributed by atoms with Crippen molar-refractivity contribution in [3.05, 3.63) is 58.3 Å². The summed E-state index contributed by atoms with van der Waals surface area (Å²) in [6.45, 7) is 0. The van der Waals surface area contributed by atoms with E-state index >= 15 is 0 Å². The molecule has 1 amide bonds. The molecule has 130 valence electrons. The van der Waals surface area contributed by atoms with Crippen molar-refractivity contribution in [1.82, 2.24) is 15.0 Å². The predicted molar refractivity (Wildman–Crippen MR) is 85.1 cm³/mol. The molecule has 6 nitrogen and oxygen atoms in total. The van der Waals surface area contributed by atoms with Crippen molar-refractivity contribution in [2.75, 3.05) is 5.32 Å². The molecule has 0 bridgehead atoms. The first kappa shape index (κ1) is 16.7. The van der Waals surface area contributed by atoms with E-state index in [0.29, 0.717) is 22.3 Å². The van der Waals surface area contributed by atoms with Crippen LogP contribution in [0, 0.1) is 0 Å². The summed E-state index contributed by atoms with van der Waals surface area (Å²) >= 11 is 0. The Hall–Kier alpha value is -3.10. The monoisotopic (exact) mass is 350 g/mol. The number of para-hydroxylation sites is 1. The van der Waals surface area contributed by atoms with Crippen molar-refractivity contribution in [1.29, 1.82) is 0 Å². The third-order valence-electron chi connectivity index (χ3n) is 3.58. The number of rotatable bonds is 4. The van der Waals surface area contributed by atoms with E-state index in [9.17, 15) is 22.8 Å². The minimum absolute atomic E-state index is 0.0675. The molecule has 3 N–H and O–H groups in total. The normalized spacial score (nSPS) is 11.6. The minimum Gasteiger partial charge on any atom is -0.324 e. The lowest BCUT2D eigenvalue weighted by Crippen LogP contribution is -2.13. The number of imidazole rings is 1. The number of fused-ring (bicyclic) bond motifs is 1. The fraction of sp³-hybridized carbons (Fsp3) is 0.188. The maximum absolute atomic E-state index is 12.5. The minimum atomic E-state index is -4.48. The van der Waals surface area contributed by atoms with Gasteiger partial charge in [0.15, 0.2) is 0 Å². The Labute approximate surface area is 139 Å². The smallest absolute Gasteiger partial charge is 0.324 e. The Morgan fingerprint density at radius 2 is 1.96 bits per heavy atom. The van der Waals surface area contributed by atoms with Crippen LogP contribution in [0.3, 0.4) is 0 Å². The average Bonchev–Trinajstić information content (AvgIpc) is 2.94. The molecule has 0 atom stereocenters. The van der Waals surface area contributed by atoms with Crippen LogP contribution in [-0.4, -0.2) is 20.9 Å². The fourth-order valence-corrected chi connectivity index (χ4v) is 2.37. The number of pyridine rings is 1. The molecule has 2 aromatic heterocycles. The van der Waals surface area contributed by atoms with E-state index in [1.807, 2.05) is 0 Å². The van der Waals surface area contributed by atoms with E-state index < -0.39 is 11.9 Å². The van der Waals surface area contributed by atoms with Gasteiger partial charge in [0.2, 0.25) is 5.91 Å². The first-order valence-electron chi connectivity index (χ1n) is 7.36. The van der Waals surface area contributed by atoms with E-state index in [0.717, 1.165) is 12.3 Å². The summed E-state index contributed by atoms with van der Waals surface area (Å²) in [6, 6.07) is 7.20. The van der Waals surface area contributed by atoms with Gasteiger partial charge in [-0.3, -0.25) is 9.78 Å². The molecule has 0 fully saturated rings. The molecule has 3 aromatic rings. The highest BCUT2D eigenvalue weighted by molar-refractivity contribution is 5.99. The number of hydrogen-bond acceptors (Lipinski definition) is 3. The van der Waals surface area contributed by atoms with Gasteiger partial charge in [-0.2, -0.15) is 13.2 Å². The molecule has 3 rings (SSSR count). The quantitative estimate of drug-likeness (QED) is 0.676. The molecule has 9 heteroatoms. The van der Waals surface area contributed by atoms with Crippen LogP contribution in [0.4, 0.5) is 18.9 Å². The number of carbonyl (C=O) groups is 1. The topological polar surface area (TPSA) is 90.6 Å². The first-order valence-corrected chi connectivity index (χ1v) is 7.36. The Balaban J connectivity index is 1.64. The van der Waals surface area contributed by atoms with E-state index in [2.05, 4.69) is 20.3 Å². The molecule has 25 heavy (non-hydrogen) atoms. The zero-order valence-electron chi connectivity index (χ0n) is 12.8. The number of carbonyl (C=O) groups excluding carboxylic acids is 1. The Morgan fingerprint density at radius 1 is 1.16 bits per heavy atom. The van der Waals surface area contributed by atoms with Crippen molar-refractivity contribution < 1.29 is 18.0 Å². The molecule has 0 aliphatic carbocycles. The maximum Gasteiger partial charge on any atom is 0.433 e. The molecular weight excluding hydrogens is 337 g/mol. The number of aromatic amines is 2. The molecule has 0 radical (unpaired) electrons. The molecular formula is C16H13F3N4O2. The summed E-state index contributed by atoms with van der Waals surface area (Å²) in [5, 5.41) is 2.67. The standard InChI is InChI=1S/C16H13F3N4O2/c17-16(18,19)12-6-4-9(8-20-12)5-7-13(24)21-10-2-1-3-11-14(10)23-15(25)22-11/h1-4,6,8H,5,7H2,(H,21,24)(H2,22,23,25). The maximum atomic E-state index is 12.5. The van der Waals surface area contributed by atoms with Gasteiger partial charge in [0, 0.05) is 12.6 Å². The van der Waals surface area contributed by atoms with E-state index in [4.69, 9.17) is 0 Å². The summed E-state index contributed by atoms with van der Waals surface area (Å²) in [4.78, 5) is 31.9. The lowest BCUT2D eigenvalue weighted by Gasteiger charge is -2.08. The summed E-state index contributed by atoms with van der Waals surface area (Å²) < 4.78 is 37.4. The highest BCUT2D eigenvalue weighted by Gasteiger charge is 2.31. The summed E-state index contributed by atoms with van der Waals surface area (Å²) in [5.74, 6) is -0.325. The number of aryl methyl sites for hydroxylation is 1. The van der Waals surface area contributed by atoms with E-state index in [1.165, 1.54) is 6.07 Å². The Morgan fingerprint density at radius 3 is 2.64 bits per heavy atom. The molecule has 0 unspecified atom stereocenters. The first-order chi connectivity index (χ1) is 11.8. The number of halogens is 3. The number of nitrogens with zero attached hydrogens (tertiary/aromatic N) is 1. The lowest BCUT2D eigenvalue weighted by molar-refractivity contribution is -0.141. The van der Waals surface area contributed by atoms with Crippen molar-refractivity contribution >= 4 is 22.6 Å². The van der Waals surface area contributed by atoms with E-state index in [-0.39, 0.29) is 24.4 Å².